The molecule has 0 spiro atoms. The van der Waals surface area contributed by atoms with Crippen LogP contribution in [0.3, 0.4) is 0 Å². The van der Waals surface area contributed by atoms with Gasteiger partial charge in [-0.05, 0) is 36.5 Å². The molecule has 4 nitrogen and oxygen atoms in total. The molecule has 0 fully saturated rings. The number of rotatable bonds is 8. The molecule has 1 rings (SSSR count). The minimum Gasteiger partial charge on any atom is -0.497 e. The molecular weight excluding hydrogens is 266 g/mol. The highest BCUT2D eigenvalue weighted by molar-refractivity contribution is 5.78. The molecule has 2 atom stereocenters. The summed E-state index contributed by atoms with van der Waals surface area (Å²) in [7, 11) is 1.63. The van der Waals surface area contributed by atoms with E-state index in [1.165, 1.54) is 0 Å². The average Bonchev–Trinajstić information content (AvgIpc) is 2.46. The Morgan fingerprint density at radius 2 is 1.86 bits per heavy atom. The van der Waals surface area contributed by atoms with Gasteiger partial charge in [0.25, 0.3) is 0 Å². The first-order valence-corrected chi connectivity index (χ1v) is 7.50. The number of aliphatic hydroxyl groups is 1. The highest BCUT2D eigenvalue weighted by atomic mass is 16.5. The third-order valence-electron chi connectivity index (χ3n) is 3.47. The Kier molecular flexibility index (Phi) is 7.23. The predicted molar refractivity (Wildman–Crippen MR) is 84.3 cm³/mol. The van der Waals surface area contributed by atoms with Crippen molar-refractivity contribution in [2.45, 2.75) is 39.7 Å². The molecule has 2 N–H and O–H groups in total. The lowest BCUT2D eigenvalue weighted by atomic mass is 9.98. The van der Waals surface area contributed by atoms with Crippen molar-refractivity contribution in [2.75, 3.05) is 13.7 Å². The molecule has 1 amide bonds. The van der Waals surface area contributed by atoms with Crippen molar-refractivity contribution in [3.63, 3.8) is 0 Å². The zero-order valence-electron chi connectivity index (χ0n) is 13.4. The van der Waals surface area contributed by atoms with Crippen LogP contribution < -0.4 is 10.1 Å². The van der Waals surface area contributed by atoms with E-state index in [4.69, 9.17) is 4.74 Å². The summed E-state index contributed by atoms with van der Waals surface area (Å²) in [6.45, 7) is 6.05. The largest absolute Gasteiger partial charge is 0.497 e. The number of hydrogen-bond donors (Lipinski definition) is 2. The highest BCUT2D eigenvalue weighted by Crippen LogP contribution is 2.15. The number of benzene rings is 1. The number of methoxy groups -OCH3 is 1. The second-order valence-corrected chi connectivity index (χ2v) is 5.97. The lowest BCUT2D eigenvalue weighted by Gasteiger charge is -2.21. The van der Waals surface area contributed by atoms with Crippen LogP contribution in [0, 0.1) is 11.8 Å². The molecule has 21 heavy (non-hydrogen) atoms. The lowest BCUT2D eigenvalue weighted by molar-refractivity contribution is -0.125. The number of nitrogens with one attached hydrogen (secondary N) is 1. The van der Waals surface area contributed by atoms with E-state index in [0.717, 1.165) is 17.7 Å². The Labute approximate surface area is 127 Å². The van der Waals surface area contributed by atoms with Gasteiger partial charge in [0.1, 0.15) is 5.75 Å². The smallest absolute Gasteiger partial charge is 0.223 e. The average molecular weight is 293 g/mol. The number of hydrogen-bond acceptors (Lipinski definition) is 3. The van der Waals surface area contributed by atoms with Crippen LogP contribution in [0.5, 0.6) is 5.75 Å². The maximum atomic E-state index is 12.2. The van der Waals surface area contributed by atoms with Gasteiger partial charge in [-0.15, -0.1) is 0 Å². The Bertz CT molecular complexity index is 428. The van der Waals surface area contributed by atoms with Crippen molar-refractivity contribution in [3.05, 3.63) is 29.8 Å². The van der Waals surface area contributed by atoms with Crippen LogP contribution in [0.4, 0.5) is 0 Å². The predicted octanol–water partition coefficient (Wildman–Crippen LogP) is 2.40. The molecule has 0 aromatic heterocycles. The minimum atomic E-state index is -0.157. The summed E-state index contributed by atoms with van der Waals surface area (Å²) in [4.78, 5) is 12.2. The van der Waals surface area contributed by atoms with Crippen LogP contribution in [0.15, 0.2) is 24.3 Å². The van der Waals surface area contributed by atoms with Gasteiger partial charge in [0.15, 0.2) is 0 Å². The van der Waals surface area contributed by atoms with Gasteiger partial charge in [-0.1, -0.05) is 32.9 Å². The Morgan fingerprint density at radius 1 is 1.24 bits per heavy atom. The lowest BCUT2D eigenvalue weighted by Crippen LogP contribution is -2.41. The first-order chi connectivity index (χ1) is 9.96. The summed E-state index contributed by atoms with van der Waals surface area (Å²) < 4.78 is 5.12. The molecule has 0 saturated heterocycles. The van der Waals surface area contributed by atoms with Crippen molar-refractivity contribution in [1.82, 2.24) is 5.32 Å². The quantitative estimate of drug-likeness (QED) is 0.774. The van der Waals surface area contributed by atoms with Crippen LogP contribution >= 0.6 is 0 Å². The van der Waals surface area contributed by atoms with Gasteiger partial charge in [0, 0.05) is 5.92 Å². The number of amides is 1. The number of carbonyl (C=O) groups excluding carboxylic acids is 1. The summed E-state index contributed by atoms with van der Waals surface area (Å²) >= 11 is 0. The van der Waals surface area contributed by atoms with Gasteiger partial charge < -0.3 is 15.2 Å². The van der Waals surface area contributed by atoms with E-state index in [-0.39, 0.29) is 24.5 Å². The molecule has 1 aromatic rings. The fraction of sp³-hybridized carbons (Fsp3) is 0.588. The second kappa shape index (κ2) is 8.67. The molecule has 118 valence electrons. The third kappa shape index (κ3) is 6.17. The van der Waals surface area contributed by atoms with Gasteiger partial charge in [-0.3, -0.25) is 4.79 Å². The molecule has 0 aliphatic heterocycles. The Balaban J connectivity index is 2.52. The van der Waals surface area contributed by atoms with Gasteiger partial charge in [0.2, 0.25) is 5.91 Å². The second-order valence-electron chi connectivity index (χ2n) is 5.97. The minimum absolute atomic E-state index is 0.00878. The van der Waals surface area contributed by atoms with Gasteiger partial charge in [-0.25, -0.2) is 0 Å². The summed E-state index contributed by atoms with van der Waals surface area (Å²) in [6.07, 6.45) is 1.47. The van der Waals surface area contributed by atoms with E-state index in [9.17, 15) is 9.90 Å². The highest BCUT2D eigenvalue weighted by Gasteiger charge is 2.18. The normalized spacial score (nSPS) is 13.8. The van der Waals surface area contributed by atoms with Crippen LogP contribution in [0.2, 0.25) is 0 Å². The van der Waals surface area contributed by atoms with Crippen LogP contribution in [0.1, 0.15) is 32.8 Å². The van der Waals surface area contributed by atoms with Crippen LogP contribution in [-0.4, -0.2) is 30.8 Å². The fourth-order valence-electron chi connectivity index (χ4n) is 2.30. The van der Waals surface area contributed by atoms with E-state index in [2.05, 4.69) is 19.2 Å². The fourth-order valence-corrected chi connectivity index (χ4v) is 2.30. The van der Waals surface area contributed by atoms with Gasteiger partial charge in [-0.2, -0.15) is 0 Å². The molecule has 1 aromatic carbocycles. The zero-order valence-corrected chi connectivity index (χ0v) is 13.4. The van der Waals surface area contributed by atoms with E-state index in [1.807, 2.05) is 31.2 Å². The molecule has 0 bridgehead atoms. The zero-order chi connectivity index (χ0) is 15.8. The summed E-state index contributed by atoms with van der Waals surface area (Å²) in [5.41, 5.74) is 1.10. The van der Waals surface area contributed by atoms with E-state index in [1.54, 1.807) is 7.11 Å². The van der Waals surface area contributed by atoms with Gasteiger partial charge in [0.05, 0.1) is 19.8 Å². The molecule has 0 saturated carbocycles. The maximum absolute atomic E-state index is 12.2. The number of carbonyl (C=O) groups is 1. The van der Waals surface area contributed by atoms with Crippen LogP contribution in [0.25, 0.3) is 0 Å². The molecule has 2 unspecified atom stereocenters. The van der Waals surface area contributed by atoms with Crippen molar-refractivity contribution in [1.29, 1.82) is 0 Å². The molecule has 0 heterocycles. The third-order valence-corrected chi connectivity index (χ3v) is 3.47. The van der Waals surface area contributed by atoms with Crippen molar-refractivity contribution < 1.29 is 14.6 Å². The topological polar surface area (TPSA) is 58.6 Å². The Hall–Kier alpha value is -1.55. The van der Waals surface area contributed by atoms with Gasteiger partial charge >= 0.3 is 0 Å². The Morgan fingerprint density at radius 3 is 2.33 bits per heavy atom. The summed E-state index contributed by atoms with van der Waals surface area (Å²) in [5, 5.41) is 12.3. The summed E-state index contributed by atoms with van der Waals surface area (Å²) in [5.74, 6) is 1.12. The number of ether oxygens (including phenoxy) is 1. The molecular formula is C17H27NO3. The van der Waals surface area contributed by atoms with E-state index >= 15 is 0 Å². The maximum Gasteiger partial charge on any atom is 0.223 e. The van der Waals surface area contributed by atoms with Crippen molar-refractivity contribution >= 4 is 5.91 Å². The van der Waals surface area contributed by atoms with Crippen molar-refractivity contribution in [3.8, 4) is 5.75 Å². The molecule has 0 aliphatic carbocycles. The first kappa shape index (κ1) is 17.5. The van der Waals surface area contributed by atoms with E-state index in [0.29, 0.717) is 12.3 Å². The first-order valence-electron chi connectivity index (χ1n) is 7.50. The monoisotopic (exact) mass is 293 g/mol. The molecule has 0 radical (unpaired) electrons. The van der Waals surface area contributed by atoms with Crippen LogP contribution in [-0.2, 0) is 11.2 Å². The van der Waals surface area contributed by atoms with E-state index < -0.39 is 0 Å². The molecule has 4 heteroatoms. The standard InChI is InChI=1S/C17H27NO3/c1-12(2)9-15(11-19)18-17(20)13(3)10-14-5-7-16(21-4)8-6-14/h5-8,12-13,15,19H,9-11H2,1-4H3,(H,18,20). The molecule has 0 aliphatic rings. The SMILES string of the molecule is COc1ccc(CC(C)C(=O)NC(CO)CC(C)C)cc1. The number of aliphatic hydroxyl groups excluding tert-OH is 1. The van der Waals surface area contributed by atoms with Crippen molar-refractivity contribution in [2.24, 2.45) is 11.8 Å². The summed E-state index contributed by atoms with van der Waals surface area (Å²) in [6, 6.07) is 7.58.